The zero-order chi connectivity index (χ0) is 20.3. The number of amides is 2. The number of hydrogen-bond acceptors (Lipinski definition) is 4. The highest BCUT2D eigenvalue weighted by Crippen LogP contribution is 2.32. The van der Waals surface area contributed by atoms with Crippen LogP contribution in [0.3, 0.4) is 0 Å². The van der Waals surface area contributed by atoms with Gasteiger partial charge in [0.2, 0.25) is 11.8 Å². The van der Waals surface area contributed by atoms with E-state index < -0.39 is 5.25 Å². The number of rotatable bonds is 5. The number of para-hydroxylation sites is 1. The summed E-state index contributed by atoms with van der Waals surface area (Å²) in [4.78, 5) is 31.4. The second-order valence-corrected chi connectivity index (χ2v) is 8.16. The van der Waals surface area contributed by atoms with E-state index in [1.807, 2.05) is 57.2 Å². The summed E-state index contributed by atoms with van der Waals surface area (Å²) in [5.41, 5.74) is 3.40. The van der Waals surface area contributed by atoms with Gasteiger partial charge in [-0.05, 0) is 50.1 Å². The summed E-state index contributed by atoms with van der Waals surface area (Å²) >= 11 is 7.50. The summed E-state index contributed by atoms with van der Waals surface area (Å²) in [6.45, 7) is 6.25. The van der Waals surface area contributed by atoms with Crippen molar-refractivity contribution in [3.05, 3.63) is 58.6 Å². The van der Waals surface area contributed by atoms with Crippen molar-refractivity contribution in [3.63, 3.8) is 0 Å². The lowest BCUT2D eigenvalue weighted by atomic mass is 10.2. The summed E-state index contributed by atoms with van der Waals surface area (Å²) in [5.74, 6) is -0.278. The van der Waals surface area contributed by atoms with Gasteiger partial charge in [-0.15, -0.1) is 0 Å². The molecule has 1 heterocycles. The average molecular weight is 416 g/mol. The Balaban J connectivity index is 1.74. The maximum Gasteiger partial charge on any atom is 0.242 e. The molecule has 0 radical (unpaired) electrons. The molecule has 0 bridgehead atoms. The molecule has 7 heteroatoms. The normalized spacial score (nSPS) is 18.0. The van der Waals surface area contributed by atoms with Crippen LogP contribution < -0.4 is 5.32 Å². The number of benzene rings is 2. The highest BCUT2D eigenvalue weighted by Gasteiger charge is 2.38. The smallest absolute Gasteiger partial charge is 0.242 e. The van der Waals surface area contributed by atoms with Crippen molar-refractivity contribution in [1.29, 1.82) is 0 Å². The molecule has 5 nitrogen and oxygen atoms in total. The van der Waals surface area contributed by atoms with E-state index >= 15 is 0 Å². The Morgan fingerprint density at radius 1 is 1.21 bits per heavy atom. The van der Waals surface area contributed by atoms with Crippen LogP contribution in [-0.4, -0.2) is 33.7 Å². The molecule has 0 saturated carbocycles. The third-order valence-electron chi connectivity index (χ3n) is 4.51. The fourth-order valence-corrected chi connectivity index (χ4v) is 4.26. The summed E-state index contributed by atoms with van der Waals surface area (Å²) in [6, 6.07) is 13.1. The zero-order valence-corrected chi connectivity index (χ0v) is 17.6. The molecule has 2 aromatic rings. The second kappa shape index (κ2) is 8.80. The van der Waals surface area contributed by atoms with E-state index in [0.717, 1.165) is 16.8 Å². The minimum absolute atomic E-state index is 0.0932. The van der Waals surface area contributed by atoms with Gasteiger partial charge in [0.25, 0.3) is 0 Å². The average Bonchev–Trinajstić information content (AvgIpc) is 2.94. The van der Waals surface area contributed by atoms with Crippen molar-refractivity contribution in [2.75, 3.05) is 11.9 Å². The summed E-state index contributed by atoms with van der Waals surface area (Å²) < 4.78 is 0. The standard InChI is InChI=1S/C21H22ClN3O2S/c1-4-25-20(27)18(12-19(26)24-17-8-6-5-7-14(17)3)28-21(25)23-15-10-9-13(2)16(22)11-15/h5-11,18H,4,12H2,1-3H3,(H,24,26)/t18-/m1/s1. The van der Waals surface area contributed by atoms with Crippen LogP contribution in [0.2, 0.25) is 5.02 Å². The van der Waals surface area contributed by atoms with Crippen LogP contribution in [0.5, 0.6) is 0 Å². The molecule has 1 aliphatic heterocycles. The van der Waals surface area contributed by atoms with E-state index in [2.05, 4.69) is 10.3 Å². The molecule has 2 amide bonds. The predicted molar refractivity (Wildman–Crippen MR) is 116 cm³/mol. The Morgan fingerprint density at radius 3 is 2.64 bits per heavy atom. The number of hydrogen-bond donors (Lipinski definition) is 1. The molecule has 1 saturated heterocycles. The maximum atomic E-state index is 12.7. The quantitative estimate of drug-likeness (QED) is 0.752. The molecule has 0 unspecified atom stereocenters. The number of thioether (sulfide) groups is 1. The number of nitrogens with zero attached hydrogens (tertiary/aromatic N) is 2. The van der Waals surface area contributed by atoms with E-state index in [1.165, 1.54) is 11.8 Å². The van der Waals surface area contributed by atoms with Crippen LogP contribution in [0.1, 0.15) is 24.5 Å². The van der Waals surface area contributed by atoms with Crippen LogP contribution >= 0.6 is 23.4 Å². The molecule has 1 atom stereocenters. The van der Waals surface area contributed by atoms with Gasteiger partial charge < -0.3 is 5.32 Å². The molecule has 28 heavy (non-hydrogen) atoms. The zero-order valence-electron chi connectivity index (χ0n) is 16.0. The summed E-state index contributed by atoms with van der Waals surface area (Å²) in [5, 5.41) is 3.64. The first-order chi connectivity index (χ1) is 13.4. The second-order valence-electron chi connectivity index (χ2n) is 6.58. The first kappa shape index (κ1) is 20.4. The van der Waals surface area contributed by atoms with Gasteiger partial charge in [0.1, 0.15) is 5.25 Å². The van der Waals surface area contributed by atoms with E-state index in [0.29, 0.717) is 22.4 Å². The number of nitrogens with one attached hydrogen (secondary N) is 1. The third-order valence-corrected chi connectivity index (χ3v) is 6.09. The molecule has 3 rings (SSSR count). The van der Waals surface area contributed by atoms with Crippen molar-refractivity contribution in [3.8, 4) is 0 Å². The monoisotopic (exact) mass is 415 g/mol. The number of carbonyl (C=O) groups is 2. The largest absolute Gasteiger partial charge is 0.326 e. The highest BCUT2D eigenvalue weighted by atomic mass is 35.5. The van der Waals surface area contributed by atoms with Crippen molar-refractivity contribution in [1.82, 2.24) is 4.90 Å². The Labute approximate surface area is 174 Å². The van der Waals surface area contributed by atoms with Gasteiger partial charge >= 0.3 is 0 Å². The minimum atomic E-state index is -0.483. The number of anilines is 1. The van der Waals surface area contributed by atoms with E-state index in [-0.39, 0.29) is 18.2 Å². The van der Waals surface area contributed by atoms with Gasteiger partial charge in [-0.1, -0.05) is 47.6 Å². The molecular weight excluding hydrogens is 394 g/mol. The molecule has 0 aliphatic carbocycles. The maximum absolute atomic E-state index is 12.7. The van der Waals surface area contributed by atoms with Gasteiger partial charge in [0.15, 0.2) is 5.17 Å². The fourth-order valence-electron chi connectivity index (χ4n) is 2.86. The Kier molecular flexibility index (Phi) is 6.42. The lowest BCUT2D eigenvalue weighted by molar-refractivity contribution is -0.128. The van der Waals surface area contributed by atoms with Crippen LogP contribution in [0.25, 0.3) is 0 Å². The van der Waals surface area contributed by atoms with Crippen molar-refractivity contribution in [2.45, 2.75) is 32.4 Å². The summed E-state index contributed by atoms with van der Waals surface area (Å²) in [7, 11) is 0. The van der Waals surface area contributed by atoms with Gasteiger partial charge in [-0.2, -0.15) is 0 Å². The van der Waals surface area contributed by atoms with Gasteiger partial charge in [0.05, 0.1) is 5.69 Å². The molecule has 0 spiro atoms. The molecule has 1 aliphatic rings. The van der Waals surface area contributed by atoms with Crippen molar-refractivity contribution in [2.24, 2.45) is 4.99 Å². The summed E-state index contributed by atoms with van der Waals surface area (Å²) in [6.07, 6.45) is 0.0992. The Morgan fingerprint density at radius 2 is 1.96 bits per heavy atom. The van der Waals surface area contributed by atoms with Crippen LogP contribution in [0, 0.1) is 13.8 Å². The van der Waals surface area contributed by atoms with E-state index in [1.54, 1.807) is 11.0 Å². The molecule has 1 N–H and O–H groups in total. The van der Waals surface area contributed by atoms with Crippen molar-refractivity contribution < 1.29 is 9.59 Å². The van der Waals surface area contributed by atoms with E-state index in [4.69, 9.17) is 11.6 Å². The van der Waals surface area contributed by atoms with Gasteiger partial charge in [-0.3, -0.25) is 14.5 Å². The van der Waals surface area contributed by atoms with Crippen LogP contribution in [-0.2, 0) is 9.59 Å². The number of amidine groups is 1. The molecule has 146 valence electrons. The number of carbonyl (C=O) groups excluding carboxylic acids is 2. The highest BCUT2D eigenvalue weighted by molar-refractivity contribution is 8.15. The number of halogens is 1. The molecule has 0 aromatic heterocycles. The molecular formula is C21H22ClN3O2S. The Hall–Kier alpha value is -2.31. The van der Waals surface area contributed by atoms with Crippen LogP contribution in [0.15, 0.2) is 47.5 Å². The third kappa shape index (κ3) is 4.56. The fraction of sp³-hybridized carbons (Fsp3) is 0.286. The first-order valence-electron chi connectivity index (χ1n) is 9.07. The molecule has 1 fully saturated rings. The first-order valence-corrected chi connectivity index (χ1v) is 10.3. The Bertz CT molecular complexity index is 945. The van der Waals surface area contributed by atoms with Crippen LogP contribution in [0.4, 0.5) is 11.4 Å². The SMILES string of the molecule is CCN1C(=O)[C@@H](CC(=O)Nc2ccccc2C)SC1=Nc1ccc(C)c(Cl)c1. The number of aryl methyl sites for hydroxylation is 2. The lowest BCUT2D eigenvalue weighted by Gasteiger charge is -2.13. The predicted octanol–water partition coefficient (Wildman–Crippen LogP) is 4.94. The topological polar surface area (TPSA) is 61.8 Å². The van der Waals surface area contributed by atoms with Crippen molar-refractivity contribution >= 4 is 51.7 Å². The minimum Gasteiger partial charge on any atom is -0.326 e. The lowest BCUT2D eigenvalue weighted by Crippen LogP contribution is -2.33. The number of aliphatic imine (C=N–C) groups is 1. The van der Waals surface area contributed by atoms with E-state index in [9.17, 15) is 9.59 Å². The van der Waals surface area contributed by atoms with Gasteiger partial charge in [0, 0.05) is 23.7 Å². The molecule has 2 aromatic carbocycles. The van der Waals surface area contributed by atoms with Gasteiger partial charge in [-0.25, -0.2) is 4.99 Å².